The quantitative estimate of drug-likeness (QED) is 0.286. The van der Waals surface area contributed by atoms with Gasteiger partial charge >= 0.3 is 5.97 Å². The third-order valence-electron chi connectivity index (χ3n) is 8.57. The van der Waals surface area contributed by atoms with Gasteiger partial charge in [0.1, 0.15) is 12.4 Å². The van der Waals surface area contributed by atoms with Gasteiger partial charge in [0, 0.05) is 12.0 Å². The largest absolute Gasteiger partial charge is 0.489 e. The van der Waals surface area contributed by atoms with Gasteiger partial charge in [-0.15, -0.1) is 0 Å². The fourth-order valence-corrected chi connectivity index (χ4v) is 6.02. The summed E-state index contributed by atoms with van der Waals surface area (Å²) >= 11 is 0. The number of aryl methyl sites for hydroxylation is 1. The third-order valence-corrected chi connectivity index (χ3v) is 8.57. The van der Waals surface area contributed by atoms with E-state index < -0.39 is 11.8 Å². The third kappa shape index (κ3) is 7.58. The molecule has 2 saturated carbocycles. The van der Waals surface area contributed by atoms with Crippen LogP contribution in [0.5, 0.6) is 5.75 Å². The summed E-state index contributed by atoms with van der Waals surface area (Å²) in [5.41, 5.74) is 7.18. The molecule has 5 heteroatoms. The summed E-state index contributed by atoms with van der Waals surface area (Å²) in [6.07, 6.45) is 8.75. The molecular weight excluding hydrogens is 512 g/mol. The van der Waals surface area contributed by atoms with Gasteiger partial charge < -0.3 is 19.3 Å². The highest BCUT2D eigenvalue weighted by atomic mass is 16.7. The summed E-state index contributed by atoms with van der Waals surface area (Å²) in [6, 6.07) is 23.0. The molecule has 0 radical (unpaired) electrons. The van der Waals surface area contributed by atoms with Gasteiger partial charge in [0.25, 0.3) is 0 Å². The predicted octanol–water partition coefficient (Wildman–Crippen LogP) is 8.63. The Labute approximate surface area is 244 Å². The van der Waals surface area contributed by atoms with Gasteiger partial charge in [0.15, 0.2) is 5.79 Å². The van der Waals surface area contributed by atoms with Crippen molar-refractivity contribution in [2.75, 3.05) is 13.2 Å². The molecule has 0 aromatic heterocycles. The lowest BCUT2D eigenvalue weighted by molar-refractivity contribution is -0.149. The van der Waals surface area contributed by atoms with Crippen molar-refractivity contribution in [1.29, 1.82) is 0 Å². The van der Waals surface area contributed by atoms with Crippen molar-refractivity contribution in [2.24, 2.45) is 5.41 Å². The maximum Gasteiger partial charge on any atom is 0.303 e. The SMILES string of the molecule is C1CC1.CC1(c2cccc(-c3ccc(COc4cccc(CCC(=O)O)c4)cc3C3CCCC3(C)C)c2)OCCO1. The van der Waals surface area contributed by atoms with Gasteiger partial charge in [-0.25, -0.2) is 0 Å². The van der Waals surface area contributed by atoms with E-state index in [2.05, 4.69) is 56.3 Å². The highest BCUT2D eigenvalue weighted by Gasteiger charge is 2.37. The second-order valence-corrected chi connectivity index (χ2v) is 12.5. The predicted molar refractivity (Wildman–Crippen MR) is 162 cm³/mol. The normalized spacial score (nSPS) is 20.2. The van der Waals surface area contributed by atoms with Crippen LogP contribution in [0.1, 0.15) is 93.9 Å². The first kappa shape index (κ1) is 29.3. The lowest BCUT2D eigenvalue weighted by atomic mass is 9.75. The van der Waals surface area contributed by atoms with E-state index in [4.69, 9.17) is 19.3 Å². The molecule has 2 aliphatic carbocycles. The lowest BCUT2D eigenvalue weighted by Crippen LogP contribution is -2.22. The standard InChI is InChI=1S/C33H38O5.C3H6/c1-32(2)16-6-11-30(32)29-20-24(22-36-27-10-4-7-23(19-27)13-15-31(34)35)12-14-28(29)25-8-5-9-26(21-25)33(3)37-17-18-38-33;1-2-3-1/h4-5,7-10,12,14,19-21,30H,6,11,13,15-18,22H2,1-3H3,(H,34,35);1-3H2. The topological polar surface area (TPSA) is 65.0 Å². The average molecular weight is 557 g/mol. The Morgan fingerprint density at radius 3 is 2.34 bits per heavy atom. The fraction of sp³-hybridized carbons (Fsp3) is 0.472. The summed E-state index contributed by atoms with van der Waals surface area (Å²) in [6.45, 7) is 8.45. The molecule has 3 aromatic carbocycles. The van der Waals surface area contributed by atoms with E-state index in [9.17, 15) is 4.79 Å². The van der Waals surface area contributed by atoms with Crippen LogP contribution in [0.15, 0.2) is 66.7 Å². The van der Waals surface area contributed by atoms with Crippen LogP contribution in [0.2, 0.25) is 0 Å². The maximum atomic E-state index is 10.9. The zero-order chi connectivity index (χ0) is 28.9. The molecular formula is C36H44O5. The van der Waals surface area contributed by atoms with Gasteiger partial charge in [-0.2, -0.15) is 0 Å². The number of ether oxygens (including phenoxy) is 3. The summed E-state index contributed by atoms with van der Waals surface area (Å²) in [7, 11) is 0. The fourth-order valence-electron chi connectivity index (χ4n) is 6.02. The van der Waals surface area contributed by atoms with Crippen LogP contribution in [-0.2, 0) is 33.1 Å². The van der Waals surface area contributed by atoms with Crippen molar-refractivity contribution in [3.63, 3.8) is 0 Å². The number of carboxylic acid groups (broad SMARTS) is 1. The molecule has 1 saturated heterocycles. The summed E-state index contributed by atoms with van der Waals surface area (Å²) in [5, 5.41) is 8.99. The summed E-state index contributed by atoms with van der Waals surface area (Å²) in [5.74, 6) is -0.260. The number of benzene rings is 3. The molecule has 1 aliphatic heterocycles. The Balaban J connectivity index is 0.00000106. The van der Waals surface area contributed by atoms with E-state index in [0.717, 1.165) is 22.4 Å². The van der Waals surface area contributed by atoms with E-state index in [1.165, 1.54) is 55.2 Å². The molecule has 0 bridgehead atoms. The van der Waals surface area contributed by atoms with Gasteiger partial charge in [-0.3, -0.25) is 4.79 Å². The first-order valence-corrected chi connectivity index (χ1v) is 15.2. The zero-order valence-electron chi connectivity index (χ0n) is 24.8. The molecule has 1 unspecified atom stereocenters. The highest BCUT2D eigenvalue weighted by molar-refractivity contribution is 5.70. The smallest absolute Gasteiger partial charge is 0.303 e. The van der Waals surface area contributed by atoms with Crippen LogP contribution in [-0.4, -0.2) is 24.3 Å². The van der Waals surface area contributed by atoms with Crippen LogP contribution < -0.4 is 4.74 Å². The molecule has 41 heavy (non-hydrogen) atoms. The molecule has 3 fully saturated rings. The number of aliphatic carboxylic acids is 1. The van der Waals surface area contributed by atoms with Crippen LogP contribution in [0, 0.1) is 5.41 Å². The molecule has 6 rings (SSSR count). The summed E-state index contributed by atoms with van der Waals surface area (Å²) in [4.78, 5) is 10.9. The zero-order valence-corrected chi connectivity index (χ0v) is 24.8. The van der Waals surface area contributed by atoms with E-state index in [1.54, 1.807) is 0 Å². The van der Waals surface area contributed by atoms with Crippen LogP contribution in [0.25, 0.3) is 11.1 Å². The molecule has 0 amide bonds. The Hall–Kier alpha value is -3.15. The Kier molecular flexibility index (Phi) is 9.16. The maximum absolute atomic E-state index is 10.9. The van der Waals surface area contributed by atoms with Gasteiger partial charge in [0.2, 0.25) is 0 Å². The van der Waals surface area contributed by atoms with Crippen LogP contribution >= 0.6 is 0 Å². The van der Waals surface area contributed by atoms with Crippen molar-refractivity contribution < 1.29 is 24.1 Å². The van der Waals surface area contributed by atoms with E-state index >= 15 is 0 Å². The van der Waals surface area contributed by atoms with Gasteiger partial charge in [-0.05, 0) is 83.5 Å². The van der Waals surface area contributed by atoms with E-state index in [1.807, 2.05) is 31.2 Å². The van der Waals surface area contributed by atoms with Crippen molar-refractivity contribution in [1.82, 2.24) is 0 Å². The average Bonchev–Trinajstić information content (AvgIpc) is 3.72. The minimum Gasteiger partial charge on any atom is -0.489 e. The number of hydrogen-bond donors (Lipinski definition) is 1. The second kappa shape index (κ2) is 12.8. The molecule has 5 nitrogen and oxygen atoms in total. The first-order valence-electron chi connectivity index (χ1n) is 15.2. The number of carbonyl (C=O) groups is 1. The minimum absolute atomic E-state index is 0.115. The Bertz CT molecular complexity index is 1330. The van der Waals surface area contributed by atoms with Crippen molar-refractivity contribution in [2.45, 2.75) is 90.4 Å². The van der Waals surface area contributed by atoms with Crippen molar-refractivity contribution in [3.8, 4) is 16.9 Å². The molecule has 218 valence electrons. The summed E-state index contributed by atoms with van der Waals surface area (Å²) < 4.78 is 18.1. The lowest BCUT2D eigenvalue weighted by Gasteiger charge is -2.30. The van der Waals surface area contributed by atoms with Crippen LogP contribution in [0.4, 0.5) is 0 Å². The number of hydrogen-bond acceptors (Lipinski definition) is 4. The number of rotatable bonds is 9. The molecule has 1 N–H and O–H groups in total. The van der Waals surface area contributed by atoms with Crippen molar-refractivity contribution >= 4 is 5.97 Å². The van der Waals surface area contributed by atoms with Gasteiger partial charge in [-0.1, -0.05) is 88.1 Å². The molecule has 3 aliphatic rings. The van der Waals surface area contributed by atoms with Gasteiger partial charge in [0.05, 0.1) is 13.2 Å². The Morgan fingerprint density at radius 1 is 0.902 bits per heavy atom. The first-order chi connectivity index (χ1) is 19.7. The molecule has 0 spiro atoms. The monoisotopic (exact) mass is 556 g/mol. The Morgan fingerprint density at radius 2 is 1.66 bits per heavy atom. The molecule has 1 atom stereocenters. The van der Waals surface area contributed by atoms with Crippen LogP contribution in [0.3, 0.4) is 0 Å². The molecule has 3 aromatic rings. The van der Waals surface area contributed by atoms with Crippen molar-refractivity contribution in [3.05, 3.63) is 89.0 Å². The second-order valence-electron chi connectivity index (χ2n) is 12.5. The molecule has 1 heterocycles. The van der Waals surface area contributed by atoms with E-state index in [0.29, 0.717) is 32.2 Å². The number of carboxylic acids is 1. The van der Waals surface area contributed by atoms with E-state index in [-0.39, 0.29) is 11.8 Å². The minimum atomic E-state index is -0.790. The highest BCUT2D eigenvalue weighted by Crippen LogP contribution is 2.51.